The zero-order valence-electron chi connectivity index (χ0n) is 34.7. The molecule has 1 atom stereocenters. The molecule has 3 aromatic heterocycles. The summed E-state index contributed by atoms with van der Waals surface area (Å²) < 4.78 is 2.32. The van der Waals surface area contributed by atoms with Crippen molar-refractivity contribution in [3.05, 3.63) is 150 Å². The van der Waals surface area contributed by atoms with Gasteiger partial charge in [0.1, 0.15) is 0 Å². The Labute approximate surface area is 355 Å². The molecule has 0 fully saturated rings. The van der Waals surface area contributed by atoms with Gasteiger partial charge >= 0.3 is 0 Å². The SMILES string of the molecule is CC1(C)c2[c-]c(-c3ccc(-c4nc(-c5ccccc5)nc(-c5ccc(-n6c7ccccc7c7ccccc76)cc5)n4)cn3)cc3c2C(C)(C1(C)C)C(C)(C)C3(C)C.[Ir]. The summed E-state index contributed by atoms with van der Waals surface area (Å²) in [5.74, 6) is 1.82. The average Bonchev–Trinajstić information content (AvgIpc) is 3.67. The second-order valence-corrected chi connectivity index (χ2v) is 18.5. The Morgan fingerprint density at radius 3 is 1.59 bits per heavy atom. The molecule has 291 valence electrons. The number of para-hydroxylation sites is 2. The largest absolute Gasteiger partial charge is 0.309 e. The van der Waals surface area contributed by atoms with E-state index in [2.05, 4.69) is 164 Å². The second-order valence-electron chi connectivity index (χ2n) is 18.5. The van der Waals surface area contributed by atoms with E-state index in [-0.39, 0.29) is 47.2 Å². The fraction of sp³-hybridized carbons (Fsp3) is 0.269. The molecule has 5 aromatic carbocycles. The van der Waals surface area contributed by atoms with Crippen molar-refractivity contribution in [2.24, 2.45) is 10.8 Å². The van der Waals surface area contributed by atoms with Crippen LogP contribution in [0, 0.1) is 16.9 Å². The topological polar surface area (TPSA) is 56.5 Å². The van der Waals surface area contributed by atoms with Gasteiger partial charge in [-0.3, -0.25) is 0 Å². The van der Waals surface area contributed by atoms with Gasteiger partial charge in [-0.2, -0.15) is 0 Å². The predicted octanol–water partition coefficient (Wildman–Crippen LogP) is 12.7. The number of pyridine rings is 1. The van der Waals surface area contributed by atoms with Gasteiger partial charge in [0.25, 0.3) is 0 Å². The Morgan fingerprint density at radius 1 is 0.517 bits per heavy atom. The van der Waals surface area contributed by atoms with Gasteiger partial charge in [-0.15, -0.1) is 34.4 Å². The second kappa shape index (κ2) is 12.9. The van der Waals surface area contributed by atoms with Crippen molar-refractivity contribution in [1.82, 2.24) is 24.5 Å². The number of nitrogens with zero attached hydrogens (tertiary/aromatic N) is 5. The van der Waals surface area contributed by atoms with Crippen LogP contribution in [0.5, 0.6) is 0 Å². The van der Waals surface area contributed by atoms with Gasteiger partial charge in [-0.1, -0.05) is 141 Å². The standard InChI is InChI=1S/C52H48N5.Ir/c1-48(2)39-29-35(30-40-44(39)52(9,50(48,5)6)51(7,8)49(40,3)4)41-28-25-34(31-53-41)47-55-45(32-17-11-10-12-18-32)54-46(56-47)33-23-26-36(27-24-33)57-42-21-15-13-19-37(42)38-20-14-16-22-43(38)57;/h10-29,31H,1-9H3;/q-1;. The molecule has 2 aliphatic carbocycles. The monoisotopic (exact) mass is 935 g/mol. The van der Waals surface area contributed by atoms with Crippen LogP contribution in [0.2, 0.25) is 0 Å². The number of aromatic nitrogens is 5. The first-order valence-corrected chi connectivity index (χ1v) is 20.2. The van der Waals surface area contributed by atoms with Crippen LogP contribution in [0.25, 0.3) is 72.9 Å². The molecule has 6 heteroatoms. The summed E-state index contributed by atoms with van der Waals surface area (Å²) >= 11 is 0. The summed E-state index contributed by atoms with van der Waals surface area (Å²) in [7, 11) is 0. The van der Waals surface area contributed by atoms with Crippen LogP contribution in [-0.2, 0) is 36.4 Å². The molecular formula is C52H48IrN5-. The van der Waals surface area contributed by atoms with Gasteiger partial charge in [0.05, 0.1) is 11.0 Å². The summed E-state index contributed by atoms with van der Waals surface area (Å²) in [5.41, 5.74) is 12.3. The van der Waals surface area contributed by atoms with Crippen LogP contribution in [0.3, 0.4) is 0 Å². The van der Waals surface area contributed by atoms with Crippen LogP contribution in [0.1, 0.15) is 79.0 Å². The zero-order valence-corrected chi connectivity index (χ0v) is 37.1. The number of hydrogen-bond acceptors (Lipinski definition) is 4. The van der Waals surface area contributed by atoms with Gasteiger partial charge < -0.3 is 9.55 Å². The van der Waals surface area contributed by atoms with Crippen molar-refractivity contribution >= 4 is 21.8 Å². The van der Waals surface area contributed by atoms with E-state index >= 15 is 0 Å². The molecule has 5 nitrogen and oxygen atoms in total. The van der Waals surface area contributed by atoms with Gasteiger partial charge in [-0.05, 0) is 69.2 Å². The van der Waals surface area contributed by atoms with Gasteiger partial charge in [0, 0.05) is 59.5 Å². The van der Waals surface area contributed by atoms with E-state index in [4.69, 9.17) is 19.9 Å². The molecule has 0 saturated heterocycles. The van der Waals surface area contributed by atoms with E-state index in [1.54, 1.807) is 0 Å². The van der Waals surface area contributed by atoms with Crippen molar-refractivity contribution in [2.45, 2.75) is 78.6 Å². The van der Waals surface area contributed by atoms with Crippen LogP contribution < -0.4 is 0 Å². The van der Waals surface area contributed by atoms with Crippen molar-refractivity contribution in [1.29, 1.82) is 0 Å². The number of hydrogen-bond donors (Lipinski definition) is 0. The fourth-order valence-corrected chi connectivity index (χ4v) is 10.5. The third-order valence-corrected chi connectivity index (χ3v) is 15.4. The molecule has 0 N–H and O–H groups in total. The third-order valence-electron chi connectivity index (χ3n) is 15.4. The smallest absolute Gasteiger partial charge is 0.165 e. The first kappa shape index (κ1) is 38.2. The van der Waals surface area contributed by atoms with Crippen molar-refractivity contribution in [3.63, 3.8) is 0 Å². The Kier molecular flexibility index (Phi) is 8.47. The van der Waals surface area contributed by atoms with Gasteiger partial charge in [0.15, 0.2) is 17.5 Å². The van der Waals surface area contributed by atoms with E-state index in [1.807, 2.05) is 36.5 Å². The molecule has 8 aromatic rings. The first-order chi connectivity index (χ1) is 27.2. The minimum atomic E-state index is -0.0632. The Morgan fingerprint density at radius 2 is 1.02 bits per heavy atom. The summed E-state index contributed by atoms with van der Waals surface area (Å²) in [6, 6.07) is 46.3. The third kappa shape index (κ3) is 4.97. The summed E-state index contributed by atoms with van der Waals surface area (Å²) in [6.07, 6.45) is 1.91. The maximum Gasteiger partial charge on any atom is 0.165 e. The Balaban J connectivity index is 0.00000436. The van der Waals surface area contributed by atoms with E-state index in [0.717, 1.165) is 33.6 Å². The molecule has 0 spiro atoms. The quantitative estimate of drug-likeness (QED) is 0.161. The van der Waals surface area contributed by atoms with Crippen LogP contribution in [0.4, 0.5) is 0 Å². The molecule has 0 amide bonds. The molecule has 0 saturated carbocycles. The maximum absolute atomic E-state index is 5.09. The number of fused-ring (bicyclic) bond motifs is 3. The van der Waals surface area contributed by atoms with E-state index in [9.17, 15) is 0 Å². The Bertz CT molecular complexity index is 2800. The van der Waals surface area contributed by atoms with E-state index in [1.165, 1.54) is 38.5 Å². The summed E-state index contributed by atoms with van der Waals surface area (Å²) in [5, 5.41) is 2.48. The molecule has 0 aliphatic heterocycles. The van der Waals surface area contributed by atoms with Gasteiger partial charge in [-0.25, -0.2) is 15.0 Å². The first-order valence-electron chi connectivity index (χ1n) is 20.2. The predicted molar refractivity (Wildman–Crippen MR) is 234 cm³/mol. The molecule has 1 unspecified atom stereocenters. The zero-order chi connectivity index (χ0) is 39.7. The van der Waals surface area contributed by atoms with E-state index in [0.29, 0.717) is 17.5 Å². The van der Waals surface area contributed by atoms with E-state index < -0.39 is 0 Å². The minimum absolute atomic E-state index is 0. The maximum atomic E-state index is 5.09. The molecule has 0 bridgehead atoms. The molecule has 1 radical (unpaired) electrons. The van der Waals surface area contributed by atoms with Crippen molar-refractivity contribution in [3.8, 4) is 51.1 Å². The number of rotatable bonds is 5. The molecular weight excluding hydrogens is 887 g/mol. The van der Waals surface area contributed by atoms with Gasteiger partial charge in [0.2, 0.25) is 0 Å². The molecule has 58 heavy (non-hydrogen) atoms. The number of benzene rings is 5. The Hall–Kier alpha value is -5.29. The molecule has 10 rings (SSSR count). The molecule has 2 aliphatic rings. The normalized spacial score (nSPS) is 19.3. The van der Waals surface area contributed by atoms with Crippen LogP contribution in [0.15, 0.2) is 128 Å². The summed E-state index contributed by atoms with van der Waals surface area (Å²) in [4.78, 5) is 20.2. The average molecular weight is 935 g/mol. The fourth-order valence-electron chi connectivity index (χ4n) is 10.5. The van der Waals surface area contributed by atoms with Crippen LogP contribution >= 0.6 is 0 Å². The summed E-state index contributed by atoms with van der Waals surface area (Å²) in [6.45, 7) is 22.1. The molecule has 3 heterocycles. The van der Waals surface area contributed by atoms with Crippen LogP contribution in [-0.4, -0.2) is 24.5 Å². The minimum Gasteiger partial charge on any atom is -0.309 e. The van der Waals surface area contributed by atoms with Crippen molar-refractivity contribution < 1.29 is 20.1 Å². The van der Waals surface area contributed by atoms with Crippen molar-refractivity contribution in [2.75, 3.05) is 0 Å².